The van der Waals surface area contributed by atoms with E-state index in [0.29, 0.717) is 18.1 Å². The number of piperazine rings is 1. The van der Waals surface area contributed by atoms with Gasteiger partial charge in [0, 0.05) is 72.9 Å². The average Bonchev–Trinajstić information content (AvgIpc) is 2.89. The molecule has 1 aliphatic rings. The zero-order chi connectivity index (χ0) is 24.2. The minimum Gasteiger partial charge on any atom is -0.369 e. The molecule has 5 rings (SSSR count). The van der Waals surface area contributed by atoms with Gasteiger partial charge in [-0.1, -0.05) is 25.1 Å². The molecule has 0 aliphatic carbocycles. The number of carbonyl (C=O) groups excluding carboxylic acids is 1. The first-order valence-corrected chi connectivity index (χ1v) is 11.9. The molecule has 0 unspecified atom stereocenters. The monoisotopic (exact) mass is 467 g/mol. The molecule has 1 saturated heterocycles. The summed E-state index contributed by atoms with van der Waals surface area (Å²) in [7, 11) is 2.16. The Hall–Kier alpha value is -4.04. The molecule has 0 radical (unpaired) electrons. The van der Waals surface area contributed by atoms with Gasteiger partial charge in [-0.3, -0.25) is 9.78 Å². The summed E-state index contributed by atoms with van der Waals surface area (Å²) in [5.41, 5.74) is 5.46. The largest absolute Gasteiger partial charge is 0.369 e. The smallest absolute Gasteiger partial charge is 0.227 e. The third-order valence-electron chi connectivity index (χ3n) is 6.26. The summed E-state index contributed by atoms with van der Waals surface area (Å²) in [5.74, 6) is 0.481. The van der Waals surface area contributed by atoms with Crippen LogP contribution in [0.15, 0.2) is 67.1 Å². The number of nitrogens with zero attached hydrogens (tertiary/aromatic N) is 5. The normalized spacial score (nSPS) is 14.2. The SMILES string of the molecule is CCC(=O)Nc1cncc(-c2cccc3cnc(Nc4ccc(N5CCN(C)CC5)cc4)nc23)c1. The highest BCUT2D eigenvalue weighted by Crippen LogP contribution is 2.29. The molecule has 0 spiro atoms. The van der Waals surface area contributed by atoms with E-state index in [1.165, 1.54) is 5.69 Å². The number of pyridine rings is 1. The van der Waals surface area contributed by atoms with Crippen molar-refractivity contribution in [2.45, 2.75) is 13.3 Å². The first-order chi connectivity index (χ1) is 17.1. The topological polar surface area (TPSA) is 86.3 Å². The molecule has 2 aromatic heterocycles. The van der Waals surface area contributed by atoms with Crippen LogP contribution in [0, 0.1) is 0 Å². The number of fused-ring (bicyclic) bond motifs is 1. The number of anilines is 4. The highest BCUT2D eigenvalue weighted by Gasteiger charge is 2.14. The van der Waals surface area contributed by atoms with E-state index in [-0.39, 0.29) is 5.91 Å². The Kier molecular flexibility index (Phi) is 6.54. The quantitative estimate of drug-likeness (QED) is 0.431. The molecular formula is C27H29N7O. The van der Waals surface area contributed by atoms with Crippen LogP contribution in [0.3, 0.4) is 0 Å². The first-order valence-electron chi connectivity index (χ1n) is 11.9. The molecule has 1 aliphatic heterocycles. The number of para-hydroxylation sites is 1. The number of hydrogen-bond donors (Lipinski definition) is 2. The fourth-order valence-electron chi connectivity index (χ4n) is 4.20. The summed E-state index contributed by atoms with van der Waals surface area (Å²) in [6.07, 6.45) is 5.67. The second-order valence-corrected chi connectivity index (χ2v) is 8.76. The minimum absolute atomic E-state index is 0.0469. The Morgan fingerprint density at radius 1 is 0.971 bits per heavy atom. The van der Waals surface area contributed by atoms with E-state index in [1.54, 1.807) is 12.4 Å². The van der Waals surface area contributed by atoms with Gasteiger partial charge >= 0.3 is 0 Å². The van der Waals surface area contributed by atoms with Gasteiger partial charge in [0.1, 0.15) is 0 Å². The van der Waals surface area contributed by atoms with Gasteiger partial charge in [0.15, 0.2) is 0 Å². The lowest BCUT2D eigenvalue weighted by atomic mass is 10.0. The summed E-state index contributed by atoms with van der Waals surface area (Å²) in [6, 6.07) is 16.3. The minimum atomic E-state index is -0.0469. The molecule has 8 heteroatoms. The second-order valence-electron chi connectivity index (χ2n) is 8.76. The Labute approximate surface area is 205 Å². The predicted molar refractivity (Wildman–Crippen MR) is 141 cm³/mol. The predicted octanol–water partition coefficient (Wildman–Crippen LogP) is 4.54. The Balaban J connectivity index is 1.39. The molecule has 2 N–H and O–H groups in total. The van der Waals surface area contributed by atoms with Crippen molar-refractivity contribution in [3.63, 3.8) is 0 Å². The maximum atomic E-state index is 11.8. The van der Waals surface area contributed by atoms with E-state index in [0.717, 1.165) is 53.9 Å². The number of hydrogen-bond acceptors (Lipinski definition) is 7. The van der Waals surface area contributed by atoms with Crippen LogP contribution in [-0.2, 0) is 4.79 Å². The number of nitrogens with one attached hydrogen (secondary N) is 2. The van der Waals surface area contributed by atoms with Crippen LogP contribution < -0.4 is 15.5 Å². The number of likely N-dealkylation sites (N-methyl/N-ethyl adjacent to an activating group) is 1. The van der Waals surface area contributed by atoms with Crippen LogP contribution >= 0.6 is 0 Å². The fourth-order valence-corrected chi connectivity index (χ4v) is 4.20. The number of aromatic nitrogens is 3. The van der Waals surface area contributed by atoms with Gasteiger partial charge in [-0.15, -0.1) is 0 Å². The number of rotatable bonds is 6. The van der Waals surface area contributed by atoms with Crippen molar-refractivity contribution in [3.8, 4) is 11.1 Å². The van der Waals surface area contributed by atoms with Gasteiger partial charge in [-0.05, 0) is 37.4 Å². The van der Waals surface area contributed by atoms with Crippen molar-refractivity contribution < 1.29 is 4.79 Å². The van der Waals surface area contributed by atoms with E-state index in [4.69, 9.17) is 4.98 Å². The number of carbonyl (C=O) groups is 1. The van der Waals surface area contributed by atoms with E-state index in [2.05, 4.69) is 61.7 Å². The van der Waals surface area contributed by atoms with Crippen molar-refractivity contribution in [2.75, 3.05) is 48.8 Å². The van der Waals surface area contributed by atoms with Crippen LogP contribution in [0.25, 0.3) is 22.0 Å². The Morgan fingerprint density at radius 3 is 2.54 bits per heavy atom. The van der Waals surface area contributed by atoms with Crippen LogP contribution in [0.5, 0.6) is 0 Å². The van der Waals surface area contributed by atoms with E-state index in [1.807, 2.05) is 37.4 Å². The lowest BCUT2D eigenvalue weighted by Crippen LogP contribution is -2.44. The van der Waals surface area contributed by atoms with Gasteiger partial charge in [0.2, 0.25) is 11.9 Å². The maximum absolute atomic E-state index is 11.8. The molecule has 35 heavy (non-hydrogen) atoms. The summed E-state index contributed by atoms with van der Waals surface area (Å²) in [6.45, 7) is 6.06. The van der Waals surface area contributed by atoms with E-state index < -0.39 is 0 Å². The zero-order valence-electron chi connectivity index (χ0n) is 20.0. The molecule has 0 bridgehead atoms. The van der Waals surface area contributed by atoms with Crippen LogP contribution in [-0.4, -0.2) is 59.0 Å². The Morgan fingerprint density at radius 2 is 1.77 bits per heavy atom. The van der Waals surface area contributed by atoms with Gasteiger partial charge in [-0.2, -0.15) is 0 Å². The zero-order valence-corrected chi connectivity index (χ0v) is 20.0. The average molecular weight is 468 g/mol. The van der Waals surface area contributed by atoms with Gasteiger partial charge in [-0.25, -0.2) is 9.97 Å². The van der Waals surface area contributed by atoms with Crippen LogP contribution in [0.2, 0.25) is 0 Å². The van der Waals surface area contributed by atoms with Crippen LogP contribution in [0.4, 0.5) is 23.0 Å². The molecule has 4 aromatic rings. The molecule has 178 valence electrons. The lowest BCUT2D eigenvalue weighted by molar-refractivity contribution is -0.115. The maximum Gasteiger partial charge on any atom is 0.227 e. The van der Waals surface area contributed by atoms with Crippen molar-refractivity contribution in [1.29, 1.82) is 0 Å². The molecule has 8 nitrogen and oxygen atoms in total. The van der Waals surface area contributed by atoms with Crippen LogP contribution in [0.1, 0.15) is 13.3 Å². The van der Waals surface area contributed by atoms with Gasteiger partial charge in [0.25, 0.3) is 0 Å². The third kappa shape index (κ3) is 5.22. The van der Waals surface area contributed by atoms with Crippen molar-refractivity contribution in [2.24, 2.45) is 0 Å². The third-order valence-corrected chi connectivity index (χ3v) is 6.26. The molecule has 3 heterocycles. The molecular weight excluding hydrogens is 438 g/mol. The first kappa shape index (κ1) is 22.7. The number of benzene rings is 2. The summed E-state index contributed by atoms with van der Waals surface area (Å²) in [4.78, 5) is 30.2. The van der Waals surface area contributed by atoms with E-state index >= 15 is 0 Å². The Bertz CT molecular complexity index is 1330. The highest BCUT2D eigenvalue weighted by atomic mass is 16.1. The van der Waals surface area contributed by atoms with Crippen molar-refractivity contribution in [3.05, 3.63) is 67.1 Å². The van der Waals surface area contributed by atoms with E-state index in [9.17, 15) is 4.79 Å². The standard InChI is InChI=1S/C27H29N7O/c1-3-25(35)30-22-15-20(16-28-18-22)24-6-4-5-19-17-29-27(32-26(19)24)31-21-7-9-23(10-8-21)34-13-11-33(2)12-14-34/h4-10,15-18H,3,11-14H2,1-2H3,(H,30,35)(H,29,31,32). The highest BCUT2D eigenvalue weighted by molar-refractivity contribution is 5.95. The van der Waals surface area contributed by atoms with Gasteiger partial charge < -0.3 is 20.4 Å². The molecule has 0 atom stereocenters. The van der Waals surface area contributed by atoms with Crippen molar-refractivity contribution >= 4 is 39.8 Å². The fraction of sp³-hybridized carbons (Fsp3) is 0.259. The summed E-state index contributed by atoms with van der Waals surface area (Å²) < 4.78 is 0. The molecule has 1 amide bonds. The molecule has 0 saturated carbocycles. The molecule has 1 fully saturated rings. The second kappa shape index (κ2) is 10.1. The van der Waals surface area contributed by atoms with Gasteiger partial charge in [0.05, 0.1) is 17.4 Å². The lowest BCUT2D eigenvalue weighted by Gasteiger charge is -2.34. The van der Waals surface area contributed by atoms with Crippen molar-refractivity contribution in [1.82, 2.24) is 19.9 Å². The number of amides is 1. The summed E-state index contributed by atoms with van der Waals surface area (Å²) >= 11 is 0. The summed E-state index contributed by atoms with van der Waals surface area (Å²) in [5, 5.41) is 7.14. The molecule has 2 aromatic carbocycles.